The second kappa shape index (κ2) is 6.79. The predicted molar refractivity (Wildman–Crippen MR) is 115 cm³/mol. The zero-order chi connectivity index (χ0) is 21.0. The lowest BCUT2D eigenvalue weighted by atomic mass is 9.89. The van der Waals surface area contributed by atoms with Gasteiger partial charge in [-0.1, -0.05) is 41.9 Å². The molecule has 3 aromatic rings. The quantitative estimate of drug-likeness (QED) is 0.571. The first kappa shape index (κ1) is 19.0. The molecule has 7 heteroatoms. The molecule has 0 radical (unpaired) electrons. The summed E-state index contributed by atoms with van der Waals surface area (Å²) in [6.07, 6.45) is 0. The molecule has 0 bridgehead atoms. The van der Waals surface area contributed by atoms with Crippen molar-refractivity contribution in [2.75, 3.05) is 13.1 Å². The van der Waals surface area contributed by atoms with Gasteiger partial charge in [-0.3, -0.25) is 14.4 Å². The fraction of sp³-hybridized carbons (Fsp3) is 0.174. The Kier molecular flexibility index (Phi) is 4.31. The molecule has 2 amide bonds. The van der Waals surface area contributed by atoms with E-state index < -0.39 is 5.66 Å². The summed E-state index contributed by atoms with van der Waals surface area (Å²) in [5.74, 6) is -0.364. The van der Waals surface area contributed by atoms with Gasteiger partial charge in [0, 0.05) is 34.8 Å². The van der Waals surface area contributed by atoms with E-state index in [0.717, 1.165) is 11.1 Å². The average molecular weight is 437 g/mol. The molecule has 0 N–H and O–H groups in total. The van der Waals surface area contributed by atoms with Crippen LogP contribution in [-0.2, 0) is 5.66 Å². The number of Topliss-reactive ketones (excluding diaryl/α,β-unsaturated/α-hetero) is 1. The van der Waals surface area contributed by atoms with Crippen molar-refractivity contribution < 1.29 is 14.4 Å². The van der Waals surface area contributed by atoms with Crippen LogP contribution in [0.2, 0.25) is 5.02 Å². The van der Waals surface area contributed by atoms with Gasteiger partial charge >= 0.3 is 0 Å². The van der Waals surface area contributed by atoms with Crippen LogP contribution < -0.4 is 0 Å². The van der Waals surface area contributed by atoms with E-state index >= 15 is 0 Å². The SMILES string of the molecule is CC(=O)c1ccc(C(=O)N2CCN3C(=O)c4ccccc4C23c2ccc(Cl)cc2)s1. The zero-order valence-corrected chi connectivity index (χ0v) is 17.7. The summed E-state index contributed by atoms with van der Waals surface area (Å²) in [6, 6.07) is 18.1. The van der Waals surface area contributed by atoms with Gasteiger partial charge in [0.05, 0.1) is 9.75 Å². The first-order chi connectivity index (χ1) is 14.4. The van der Waals surface area contributed by atoms with E-state index in [0.29, 0.717) is 33.4 Å². The molecule has 3 heterocycles. The topological polar surface area (TPSA) is 57.7 Å². The van der Waals surface area contributed by atoms with Gasteiger partial charge in [0.2, 0.25) is 0 Å². The van der Waals surface area contributed by atoms with Crippen molar-refractivity contribution in [3.63, 3.8) is 0 Å². The van der Waals surface area contributed by atoms with Crippen LogP contribution in [0.1, 0.15) is 47.8 Å². The van der Waals surface area contributed by atoms with E-state index in [2.05, 4.69) is 0 Å². The Morgan fingerprint density at radius 1 is 0.967 bits per heavy atom. The van der Waals surface area contributed by atoms with Crippen LogP contribution in [0.25, 0.3) is 0 Å². The molecule has 2 aliphatic heterocycles. The molecule has 1 atom stereocenters. The number of hydrogen-bond acceptors (Lipinski definition) is 4. The maximum absolute atomic E-state index is 13.6. The summed E-state index contributed by atoms with van der Waals surface area (Å²) in [6.45, 7) is 2.31. The van der Waals surface area contributed by atoms with Gasteiger partial charge in [0.25, 0.3) is 11.8 Å². The number of halogens is 1. The van der Waals surface area contributed by atoms with Gasteiger partial charge < -0.3 is 9.80 Å². The highest BCUT2D eigenvalue weighted by Crippen LogP contribution is 2.50. The number of thiophene rings is 1. The normalized spacial score (nSPS) is 19.7. The minimum Gasteiger partial charge on any atom is -0.306 e. The number of rotatable bonds is 3. The van der Waals surface area contributed by atoms with Crippen LogP contribution in [0.5, 0.6) is 0 Å². The van der Waals surface area contributed by atoms with Crippen molar-refractivity contribution in [2.24, 2.45) is 0 Å². The monoisotopic (exact) mass is 436 g/mol. The molecule has 1 saturated heterocycles. The molecule has 150 valence electrons. The number of amides is 2. The van der Waals surface area contributed by atoms with Crippen molar-refractivity contribution in [3.8, 4) is 0 Å². The maximum Gasteiger partial charge on any atom is 0.266 e. The summed E-state index contributed by atoms with van der Waals surface area (Å²) in [4.78, 5) is 43.1. The molecule has 5 rings (SSSR count). The lowest BCUT2D eigenvalue weighted by Crippen LogP contribution is -2.51. The first-order valence-electron chi connectivity index (χ1n) is 9.55. The van der Waals surface area contributed by atoms with E-state index in [4.69, 9.17) is 11.6 Å². The molecule has 1 unspecified atom stereocenters. The Morgan fingerprint density at radius 3 is 2.37 bits per heavy atom. The summed E-state index contributed by atoms with van der Waals surface area (Å²) in [5, 5.41) is 0.583. The third kappa shape index (κ3) is 2.50. The molecule has 0 saturated carbocycles. The second-order valence-corrected chi connectivity index (χ2v) is 8.88. The Labute approximate surface area is 182 Å². The lowest BCUT2D eigenvalue weighted by Gasteiger charge is -2.40. The van der Waals surface area contributed by atoms with Crippen LogP contribution in [-0.4, -0.2) is 40.5 Å². The van der Waals surface area contributed by atoms with Gasteiger partial charge in [0.15, 0.2) is 11.4 Å². The highest BCUT2D eigenvalue weighted by atomic mass is 35.5. The third-order valence-electron chi connectivity index (χ3n) is 5.76. The Balaban J connectivity index is 1.71. The standard InChI is InChI=1S/C23H17ClN2O3S/c1-14(27)19-10-11-20(30-19)22(29)26-13-12-25-21(28)17-4-2-3-5-18(17)23(25,26)15-6-8-16(24)9-7-15/h2-11H,12-13H2,1H3. The van der Waals surface area contributed by atoms with Crippen LogP contribution >= 0.6 is 22.9 Å². The number of ketones is 1. The molecule has 30 heavy (non-hydrogen) atoms. The summed E-state index contributed by atoms with van der Waals surface area (Å²) < 4.78 is 0. The van der Waals surface area contributed by atoms with Crippen molar-refractivity contribution in [3.05, 3.63) is 92.1 Å². The number of carbonyl (C=O) groups excluding carboxylic acids is 3. The second-order valence-electron chi connectivity index (χ2n) is 7.36. The molecule has 2 aliphatic rings. The zero-order valence-electron chi connectivity index (χ0n) is 16.1. The minimum absolute atomic E-state index is 0.0732. The predicted octanol–water partition coefficient (Wildman–Crippen LogP) is 4.42. The van der Waals surface area contributed by atoms with Gasteiger partial charge in [-0.25, -0.2) is 0 Å². The van der Waals surface area contributed by atoms with Crippen LogP contribution in [0.15, 0.2) is 60.7 Å². The molecule has 1 aromatic heterocycles. The number of hydrogen-bond donors (Lipinski definition) is 0. The molecule has 1 fully saturated rings. The Bertz CT molecular complexity index is 1200. The summed E-state index contributed by atoms with van der Waals surface area (Å²) >= 11 is 7.31. The number of benzene rings is 2. The smallest absolute Gasteiger partial charge is 0.266 e. The van der Waals surface area contributed by atoms with E-state index in [-0.39, 0.29) is 17.6 Å². The largest absolute Gasteiger partial charge is 0.306 e. The van der Waals surface area contributed by atoms with E-state index in [1.807, 2.05) is 30.3 Å². The molecule has 5 nitrogen and oxygen atoms in total. The number of fused-ring (bicyclic) bond motifs is 3. The summed E-state index contributed by atoms with van der Waals surface area (Å²) in [5.41, 5.74) is 1.15. The highest BCUT2D eigenvalue weighted by Gasteiger charge is 2.59. The van der Waals surface area contributed by atoms with Crippen molar-refractivity contribution in [1.29, 1.82) is 0 Å². The fourth-order valence-electron chi connectivity index (χ4n) is 4.50. The van der Waals surface area contributed by atoms with Gasteiger partial charge in [-0.15, -0.1) is 11.3 Å². The third-order valence-corrected chi connectivity index (χ3v) is 7.19. The Morgan fingerprint density at radius 2 is 1.67 bits per heavy atom. The van der Waals surface area contributed by atoms with Crippen molar-refractivity contribution in [2.45, 2.75) is 12.6 Å². The summed E-state index contributed by atoms with van der Waals surface area (Å²) in [7, 11) is 0. The van der Waals surface area contributed by atoms with Crippen molar-refractivity contribution >= 4 is 40.5 Å². The van der Waals surface area contributed by atoms with E-state index in [9.17, 15) is 14.4 Å². The molecular weight excluding hydrogens is 420 g/mol. The molecule has 0 spiro atoms. The molecular formula is C23H17ClN2O3S. The van der Waals surface area contributed by atoms with Crippen LogP contribution in [0.4, 0.5) is 0 Å². The van der Waals surface area contributed by atoms with Crippen LogP contribution in [0, 0.1) is 0 Å². The van der Waals surface area contributed by atoms with Gasteiger partial charge in [-0.05, 0) is 37.3 Å². The molecule has 2 aromatic carbocycles. The highest BCUT2D eigenvalue weighted by molar-refractivity contribution is 7.15. The van der Waals surface area contributed by atoms with Crippen molar-refractivity contribution in [1.82, 2.24) is 9.80 Å². The number of nitrogens with zero attached hydrogens (tertiary/aromatic N) is 2. The van der Waals surface area contributed by atoms with E-state index in [1.54, 1.807) is 40.1 Å². The van der Waals surface area contributed by atoms with Gasteiger partial charge in [-0.2, -0.15) is 0 Å². The lowest BCUT2D eigenvalue weighted by molar-refractivity contribution is 0.0378. The minimum atomic E-state index is -1.03. The average Bonchev–Trinajstić information content (AvgIpc) is 3.44. The molecule has 0 aliphatic carbocycles. The maximum atomic E-state index is 13.6. The van der Waals surface area contributed by atoms with Gasteiger partial charge in [0.1, 0.15) is 0 Å². The van der Waals surface area contributed by atoms with Crippen LogP contribution in [0.3, 0.4) is 0 Å². The first-order valence-corrected chi connectivity index (χ1v) is 10.7. The van der Waals surface area contributed by atoms with E-state index in [1.165, 1.54) is 18.3 Å². The number of carbonyl (C=O) groups is 3. The fourth-order valence-corrected chi connectivity index (χ4v) is 5.48. The Hall–Kier alpha value is -2.96.